The van der Waals surface area contributed by atoms with E-state index in [-0.39, 0.29) is 17.1 Å². The number of ether oxygens (including phenoxy) is 2. The first-order chi connectivity index (χ1) is 17.0. The highest BCUT2D eigenvalue weighted by Crippen LogP contribution is 2.32. The number of hydrogen-bond donors (Lipinski definition) is 2. The first kappa shape index (κ1) is 24.1. The van der Waals surface area contributed by atoms with Crippen LogP contribution in [0.5, 0.6) is 11.5 Å². The minimum absolute atomic E-state index is 0.0141. The molecule has 0 fully saturated rings. The second kappa shape index (κ2) is 11.4. The number of pyridine rings is 1. The van der Waals surface area contributed by atoms with Crippen LogP contribution in [0.25, 0.3) is 33.8 Å². The molecule has 0 saturated heterocycles. The Morgan fingerprint density at radius 3 is 2.31 bits per heavy atom. The molecule has 0 radical (unpaired) electrons. The normalized spacial score (nSPS) is 11.1. The van der Waals surface area contributed by atoms with Gasteiger partial charge in [0.05, 0.1) is 12.2 Å². The molecule has 0 amide bonds. The summed E-state index contributed by atoms with van der Waals surface area (Å²) in [6.07, 6.45) is 4.51. The van der Waals surface area contributed by atoms with Crippen molar-refractivity contribution in [3.05, 3.63) is 65.0 Å². The Bertz CT molecular complexity index is 1270. The summed E-state index contributed by atoms with van der Waals surface area (Å²) < 4.78 is 35.3. The summed E-state index contributed by atoms with van der Waals surface area (Å²) in [5.74, 6) is 0.888. The molecule has 0 aliphatic rings. The molecule has 0 spiro atoms. The fourth-order valence-electron chi connectivity index (χ4n) is 3.70. The number of nitrogens with zero attached hydrogens (tertiary/aromatic N) is 3. The third-order valence-electron chi connectivity index (χ3n) is 5.42. The van der Waals surface area contributed by atoms with E-state index in [1.807, 2.05) is 24.3 Å². The van der Waals surface area contributed by atoms with Crippen molar-refractivity contribution in [3.8, 4) is 45.3 Å². The van der Waals surface area contributed by atoms with Gasteiger partial charge in [-0.05, 0) is 65.2 Å². The lowest BCUT2D eigenvalue weighted by Crippen LogP contribution is -2.12. The van der Waals surface area contributed by atoms with Crippen LogP contribution in [0.1, 0.15) is 32.6 Å². The van der Waals surface area contributed by atoms with Gasteiger partial charge in [-0.2, -0.15) is 14.0 Å². The van der Waals surface area contributed by atoms with Gasteiger partial charge in [0.2, 0.25) is 5.82 Å². The Kier molecular flexibility index (Phi) is 7.81. The molecule has 4 aromatic rings. The Morgan fingerprint density at radius 2 is 1.66 bits per heavy atom. The van der Waals surface area contributed by atoms with E-state index in [9.17, 15) is 13.6 Å². The summed E-state index contributed by atoms with van der Waals surface area (Å²) in [6, 6.07) is 15.2. The van der Waals surface area contributed by atoms with E-state index in [1.165, 1.54) is 25.0 Å². The Hall–Kier alpha value is -4.08. The monoisotopic (exact) mass is 481 g/mol. The van der Waals surface area contributed by atoms with E-state index in [0.29, 0.717) is 23.4 Å². The first-order valence-electron chi connectivity index (χ1n) is 11.3. The number of nitrogens with one attached hydrogen (secondary N) is 2. The van der Waals surface area contributed by atoms with Gasteiger partial charge >= 0.3 is 6.61 Å². The summed E-state index contributed by atoms with van der Waals surface area (Å²) in [4.78, 5) is 16.0. The zero-order chi connectivity index (χ0) is 24.6. The third kappa shape index (κ3) is 6.08. The van der Waals surface area contributed by atoms with Gasteiger partial charge < -0.3 is 14.5 Å². The highest BCUT2D eigenvalue weighted by atomic mass is 19.3. The number of aromatic nitrogens is 5. The van der Waals surface area contributed by atoms with Crippen LogP contribution in [-0.2, 0) is 0 Å². The molecule has 2 aromatic heterocycles. The number of hydrogen-bond acceptors (Lipinski definition) is 6. The highest BCUT2D eigenvalue weighted by Gasteiger charge is 2.18. The third-order valence-corrected chi connectivity index (χ3v) is 5.42. The van der Waals surface area contributed by atoms with Gasteiger partial charge in [-0.1, -0.05) is 38.3 Å². The minimum atomic E-state index is -2.93. The summed E-state index contributed by atoms with van der Waals surface area (Å²) in [6.45, 7) is -0.100. The first-order valence-corrected chi connectivity index (χ1v) is 11.3. The van der Waals surface area contributed by atoms with E-state index in [2.05, 4.69) is 37.3 Å². The molecule has 0 aliphatic carbocycles. The second-order valence-electron chi connectivity index (χ2n) is 7.87. The van der Waals surface area contributed by atoms with Gasteiger partial charge in [-0.25, -0.2) is 0 Å². The quantitative estimate of drug-likeness (QED) is 0.276. The number of aromatic amines is 2. The SMILES string of the molecule is CCCCCCOc1ccc(-c2cc(-c3ccc(OC(F)F)cc3)c(-c3nn[nH]n3)c(=O)[nH]2)cc1. The molecule has 2 aromatic carbocycles. The fourth-order valence-corrected chi connectivity index (χ4v) is 3.70. The highest BCUT2D eigenvalue weighted by molar-refractivity contribution is 5.83. The largest absolute Gasteiger partial charge is 0.494 e. The van der Waals surface area contributed by atoms with Crippen LogP contribution < -0.4 is 15.0 Å². The van der Waals surface area contributed by atoms with E-state index < -0.39 is 12.2 Å². The molecule has 10 heteroatoms. The van der Waals surface area contributed by atoms with Gasteiger partial charge in [0.25, 0.3) is 5.56 Å². The Balaban J connectivity index is 1.64. The van der Waals surface area contributed by atoms with Crippen molar-refractivity contribution in [2.24, 2.45) is 0 Å². The van der Waals surface area contributed by atoms with Crippen molar-refractivity contribution >= 4 is 0 Å². The summed E-state index contributed by atoms with van der Waals surface area (Å²) in [5.41, 5.74) is 2.26. The second-order valence-corrected chi connectivity index (χ2v) is 7.87. The zero-order valence-electron chi connectivity index (χ0n) is 19.1. The Morgan fingerprint density at radius 1 is 0.943 bits per heavy atom. The summed E-state index contributed by atoms with van der Waals surface area (Å²) in [5, 5.41) is 13.8. The van der Waals surface area contributed by atoms with Gasteiger partial charge in [0, 0.05) is 11.3 Å². The molecule has 2 N–H and O–H groups in total. The molecule has 182 valence electrons. The number of rotatable bonds is 11. The van der Waals surface area contributed by atoms with Crippen LogP contribution >= 0.6 is 0 Å². The fraction of sp³-hybridized carbons (Fsp3) is 0.280. The van der Waals surface area contributed by atoms with Crippen molar-refractivity contribution in [3.63, 3.8) is 0 Å². The number of H-pyrrole nitrogens is 2. The standard InChI is InChI=1S/C25H25F2N5O3/c1-2-3-4-5-14-34-18-10-8-17(9-11-18)21-15-20(16-6-12-19(13-7-16)35-25(26)27)22(24(33)28-21)23-29-31-32-30-23/h6-13,15,25H,2-5,14H2,1H3,(H,28,33)(H,29,30,31,32). The van der Waals surface area contributed by atoms with Crippen LogP contribution in [0, 0.1) is 0 Å². The number of benzene rings is 2. The van der Waals surface area contributed by atoms with E-state index in [1.54, 1.807) is 18.2 Å². The maximum absolute atomic E-state index is 13.1. The molecule has 0 saturated carbocycles. The lowest BCUT2D eigenvalue weighted by atomic mass is 9.98. The van der Waals surface area contributed by atoms with Crippen molar-refractivity contribution in [2.75, 3.05) is 6.61 Å². The van der Waals surface area contributed by atoms with Crippen molar-refractivity contribution in [1.29, 1.82) is 0 Å². The van der Waals surface area contributed by atoms with Crippen LogP contribution in [-0.4, -0.2) is 38.8 Å². The molecule has 2 heterocycles. The number of tetrazole rings is 1. The topological polar surface area (TPSA) is 106 Å². The summed E-state index contributed by atoms with van der Waals surface area (Å²) >= 11 is 0. The van der Waals surface area contributed by atoms with Crippen LogP contribution in [0.4, 0.5) is 8.78 Å². The van der Waals surface area contributed by atoms with Crippen molar-refractivity contribution in [1.82, 2.24) is 25.6 Å². The van der Waals surface area contributed by atoms with Gasteiger partial charge in [0.15, 0.2) is 0 Å². The molecular weight excluding hydrogens is 456 g/mol. The predicted molar refractivity (Wildman–Crippen MR) is 127 cm³/mol. The number of unbranched alkanes of at least 4 members (excludes halogenated alkanes) is 3. The smallest absolute Gasteiger partial charge is 0.387 e. The van der Waals surface area contributed by atoms with Crippen LogP contribution in [0.15, 0.2) is 59.4 Å². The number of alkyl halides is 2. The Labute approximate surface area is 200 Å². The molecule has 35 heavy (non-hydrogen) atoms. The molecule has 8 nitrogen and oxygen atoms in total. The predicted octanol–water partition coefficient (Wildman–Crippen LogP) is 5.45. The van der Waals surface area contributed by atoms with Crippen LogP contribution in [0.2, 0.25) is 0 Å². The molecule has 0 atom stereocenters. The van der Waals surface area contributed by atoms with E-state index in [4.69, 9.17) is 4.74 Å². The van der Waals surface area contributed by atoms with Crippen molar-refractivity contribution in [2.45, 2.75) is 39.2 Å². The molecular formula is C25H25F2N5O3. The molecule has 0 unspecified atom stereocenters. The summed E-state index contributed by atoms with van der Waals surface area (Å²) in [7, 11) is 0. The number of halogens is 2. The maximum Gasteiger partial charge on any atom is 0.387 e. The average Bonchev–Trinajstić information content (AvgIpc) is 3.38. The van der Waals surface area contributed by atoms with Gasteiger partial charge in [-0.3, -0.25) is 4.79 Å². The zero-order valence-corrected chi connectivity index (χ0v) is 19.1. The minimum Gasteiger partial charge on any atom is -0.494 e. The molecule has 0 aliphatic heterocycles. The lowest BCUT2D eigenvalue weighted by molar-refractivity contribution is -0.0498. The lowest BCUT2D eigenvalue weighted by Gasteiger charge is -2.12. The maximum atomic E-state index is 13.1. The average molecular weight is 482 g/mol. The molecule has 4 rings (SSSR count). The van der Waals surface area contributed by atoms with E-state index >= 15 is 0 Å². The van der Waals surface area contributed by atoms with Crippen molar-refractivity contribution < 1.29 is 18.3 Å². The van der Waals surface area contributed by atoms with E-state index in [0.717, 1.165) is 24.2 Å². The van der Waals surface area contributed by atoms with Crippen LogP contribution in [0.3, 0.4) is 0 Å². The molecule has 0 bridgehead atoms. The van der Waals surface area contributed by atoms with Gasteiger partial charge in [-0.15, -0.1) is 10.2 Å². The van der Waals surface area contributed by atoms with Gasteiger partial charge in [0.1, 0.15) is 11.5 Å².